The van der Waals surface area contributed by atoms with Crippen LogP contribution < -0.4 is 0 Å². The number of nitrogens with zero attached hydrogens (tertiary/aromatic N) is 2. The average Bonchev–Trinajstić information content (AvgIpc) is 2.78. The van der Waals surface area contributed by atoms with Crippen LogP contribution in [0.15, 0.2) is 5.38 Å². The summed E-state index contributed by atoms with van der Waals surface area (Å²) in [7, 11) is 0. The van der Waals surface area contributed by atoms with Gasteiger partial charge in [-0.1, -0.05) is 20.3 Å². The molecule has 2 heterocycles. The molecule has 1 saturated heterocycles. The molecular weight excluding hydrogens is 216 g/mol. The van der Waals surface area contributed by atoms with Gasteiger partial charge >= 0.3 is 0 Å². The van der Waals surface area contributed by atoms with E-state index in [0.29, 0.717) is 0 Å². The minimum atomic E-state index is 0.971. The Balaban J connectivity index is 1.82. The molecule has 2 nitrogen and oxygen atoms in total. The molecule has 0 N–H and O–H groups in total. The smallest absolute Gasteiger partial charge is 0.107 e. The van der Waals surface area contributed by atoms with Gasteiger partial charge in [0.1, 0.15) is 5.01 Å². The predicted octanol–water partition coefficient (Wildman–Crippen LogP) is 3.33. The Hall–Kier alpha value is -0.410. The van der Waals surface area contributed by atoms with Crippen molar-refractivity contribution in [2.45, 2.75) is 46.1 Å². The fraction of sp³-hybridized carbons (Fsp3) is 0.769. The summed E-state index contributed by atoms with van der Waals surface area (Å²) in [6, 6.07) is 0. The molecule has 0 aromatic carbocycles. The molecule has 1 aromatic rings. The van der Waals surface area contributed by atoms with Crippen LogP contribution in [0.2, 0.25) is 0 Å². The maximum Gasteiger partial charge on any atom is 0.107 e. The normalized spacial score (nSPS) is 19.1. The third-order valence-electron chi connectivity index (χ3n) is 3.60. The highest BCUT2D eigenvalue weighted by atomic mass is 32.1. The van der Waals surface area contributed by atoms with E-state index < -0.39 is 0 Å². The highest BCUT2D eigenvalue weighted by Crippen LogP contribution is 2.22. The van der Waals surface area contributed by atoms with E-state index in [1.54, 1.807) is 0 Å². The Labute approximate surface area is 103 Å². The van der Waals surface area contributed by atoms with E-state index in [2.05, 4.69) is 29.1 Å². The Kier molecular flexibility index (Phi) is 4.36. The van der Waals surface area contributed by atoms with Crippen LogP contribution >= 0.6 is 11.3 Å². The number of piperidine rings is 1. The van der Waals surface area contributed by atoms with E-state index in [1.165, 1.54) is 43.1 Å². The van der Waals surface area contributed by atoms with E-state index in [-0.39, 0.29) is 0 Å². The van der Waals surface area contributed by atoms with Crippen molar-refractivity contribution in [1.29, 1.82) is 0 Å². The monoisotopic (exact) mass is 238 g/mol. The Bertz CT molecular complexity index is 313. The molecule has 90 valence electrons. The Morgan fingerprint density at radius 3 is 2.69 bits per heavy atom. The van der Waals surface area contributed by atoms with Crippen molar-refractivity contribution in [3.63, 3.8) is 0 Å². The van der Waals surface area contributed by atoms with Crippen LogP contribution in [0.3, 0.4) is 0 Å². The third kappa shape index (κ3) is 3.05. The van der Waals surface area contributed by atoms with Gasteiger partial charge in [0, 0.05) is 5.38 Å². The highest BCUT2D eigenvalue weighted by Gasteiger charge is 2.18. The maximum absolute atomic E-state index is 4.64. The van der Waals surface area contributed by atoms with Crippen LogP contribution in [-0.4, -0.2) is 23.0 Å². The van der Waals surface area contributed by atoms with Crippen LogP contribution in [0.5, 0.6) is 0 Å². The Morgan fingerprint density at radius 2 is 2.12 bits per heavy atom. The molecule has 0 saturated carbocycles. The van der Waals surface area contributed by atoms with Gasteiger partial charge in [0.2, 0.25) is 0 Å². The number of hydrogen-bond donors (Lipinski definition) is 0. The van der Waals surface area contributed by atoms with Crippen molar-refractivity contribution in [2.24, 2.45) is 5.92 Å². The van der Waals surface area contributed by atoms with E-state index >= 15 is 0 Å². The van der Waals surface area contributed by atoms with Crippen molar-refractivity contribution in [3.05, 3.63) is 16.1 Å². The second kappa shape index (κ2) is 5.78. The Morgan fingerprint density at radius 1 is 1.38 bits per heavy atom. The van der Waals surface area contributed by atoms with Gasteiger partial charge in [-0.25, -0.2) is 4.98 Å². The van der Waals surface area contributed by atoms with Gasteiger partial charge < -0.3 is 0 Å². The number of aromatic nitrogens is 1. The lowest BCUT2D eigenvalue weighted by Crippen LogP contribution is -2.32. The molecule has 2 rings (SSSR count). The molecular formula is C13H22N2S. The van der Waals surface area contributed by atoms with Gasteiger partial charge in [0.25, 0.3) is 0 Å². The molecule has 0 spiro atoms. The number of rotatable bonds is 4. The molecule has 16 heavy (non-hydrogen) atoms. The SMILES string of the molecule is CCc1csc(CN2CCC(CC)CC2)n1. The largest absolute Gasteiger partial charge is 0.297 e. The van der Waals surface area contributed by atoms with Crippen molar-refractivity contribution < 1.29 is 0 Å². The van der Waals surface area contributed by atoms with Gasteiger partial charge in [-0.2, -0.15) is 0 Å². The van der Waals surface area contributed by atoms with E-state index in [9.17, 15) is 0 Å². The summed E-state index contributed by atoms with van der Waals surface area (Å²) >= 11 is 1.82. The molecule has 3 heteroatoms. The summed E-state index contributed by atoms with van der Waals surface area (Å²) in [4.78, 5) is 7.20. The number of thiazole rings is 1. The van der Waals surface area contributed by atoms with Gasteiger partial charge in [0.05, 0.1) is 12.2 Å². The summed E-state index contributed by atoms with van der Waals surface area (Å²) in [6.07, 6.45) is 5.17. The van der Waals surface area contributed by atoms with Crippen LogP contribution in [0.1, 0.15) is 43.8 Å². The lowest BCUT2D eigenvalue weighted by Gasteiger charge is -2.30. The predicted molar refractivity (Wildman–Crippen MR) is 69.8 cm³/mol. The minimum absolute atomic E-state index is 0.971. The molecule has 1 aromatic heterocycles. The van der Waals surface area contributed by atoms with Crippen LogP contribution in [-0.2, 0) is 13.0 Å². The first-order valence-electron chi connectivity index (χ1n) is 6.47. The van der Waals surface area contributed by atoms with E-state index in [4.69, 9.17) is 0 Å². The van der Waals surface area contributed by atoms with E-state index in [1.807, 2.05) is 11.3 Å². The summed E-state index contributed by atoms with van der Waals surface area (Å²) in [5.74, 6) is 0.971. The van der Waals surface area contributed by atoms with Crippen molar-refractivity contribution >= 4 is 11.3 Å². The zero-order valence-corrected chi connectivity index (χ0v) is 11.2. The van der Waals surface area contributed by atoms with Gasteiger partial charge in [0.15, 0.2) is 0 Å². The number of aryl methyl sites for hydroxylation is 1. The first-order valence-corrected chi connectivity index (χ1v) is 7.35. The maximum atomic E-state index is 4.64. The first-order chi connectivity index (χ1) is 7.81. The second-order valence-electron chi connectivity index (χ2n) is 4.71. The number of likely N-dealkylation sites (tertiary alicyclic amines) is 1. The second-order valence-corrected chi connectivity index (χ2v) is 5.66. The number of hydrogen-bond acceptors (Lipinski definition) is 3. The van der Waals surface area contributed by atoms with Crippen molar-refractivity contribution in [2.75, 3.05) is 13.1 Å². The van der Waals surface area contributed by atoms with Crippen LogP contribution in [0, 0.1) is 5.92 Å². The molecule has 1 fully saturated rings. The lowest BCUT2D eigenvalue weighted by molar-refractivity contribution is 0.175. The fourth-order valence-corrected chi connectivity index (χ4v) is 3.25. The summed E-state index contributed by atoms with van der Waals surface area (Å²) < 4.78 is 0. The molecule has 0 unspecified atom stereocenters. The molecule has 0 radical (unpaired) electrons. The van der Waals surface area contributed by atoms with E-state index in [0.717, 1.165) is 18.9 Å². The van der Waals surface area contributed by atoms with Gasteiger partial charge in [-0.15, -0.1) is 11.3 Å². The van der Waals surface area contributed by atoms with Crippen molar-refractivity contribution in [1.82, 2.24) is 9.88 Å². The highest BCUT2D eigenvalue weighted by molar-refractivity contribution is 7.09. The zero-order chi connectivity index (χ0) is 11.4. The molecule has 0 bridgehead atoms. The first kappa shape index (κ1) is 12.1. The standard InChI is InChI=1S/C13H22N2S/c1-3-11-5-7-15(8-6-11)9-13-14-12(4-2)10-16-13/h10-11H,3-9H2,1-2H3. The average molecular weight is 238 g/mol. The van der Waals surface area contributed by atoms with Crippen LogP contribution in [0.25, 0.3) is 0 Å². The fourth-order valence-electron chi connectivity index (χ4n) is 2.33. The topological polar surface area (TPSA) is 16.1 Å². The lowest BCUT2D eigenvalue weighted by atomic mass is 9.94. The summed E-state index contributed by atoms with van der Waals surface area (Å²) in [5, 5.41) is 3.50. The molecule has 0 aliphatic carbocycles. The molecule has 0 atom stereocenters. The van der Waals surface area contributed by atoms with Gasteiger partial charge in [-0.05, 0) is 38.3 Å². The molecule has 0 amide bonds. The van der Waals surface area contributed by atoms with Crippen LogP contribution in [0.4, 0.5) is 0 Å². The zero-order valence-electron chi connectivity index (χ0n) is 10.4. The molecule has 1 aliphatic heterocycles. The quantitative estimate of drug-likeness (QED) is 0.800. The summed E-state index contributed by atoms with van der Waals surface area (Å²) in [5.41, 5.74) is 1.25. The van der Waals surface area contributed by atoms with Gasteiger partial charge in [-0.3, -0.25) is 4.90 Å². The molecule has 1 aliphatic rings. The summed E-state index contributed by atoms with van der Waals surface area (Å²) in [6.45, 7) is 8.08. The van der Waals surface area contributed by atoms with Crippen molar-refractivity contribution in [3.8, 4) is 0 Å². The third-order valence-corrected chi connectivity index (χ3v) is 4.49. The minimum Gasteiger partial charge on any atom is -0.297 e.